The first kappa shape index (κ1) is 34.1. The summed E-state index contributed by atoms with van der Waals surface area (Å²) in [6.07, 6.45) is 12.9. The van der Waals surface area contributed by atoms with Crippen molar-refractivity contribution >= 4 is 51.9 Å². The lowest BCUT2D eigenvalue weighted by atomic mass is 9.49. The van der Waals surface area contributed by atoms with Crippen molar-refractivity contribution in [1.82, 2.24) is 19.8 Å². The molecule has 0 atom stereocenters. The molecule has 4 saturated carbocycles. The molecule has 0 radical (unpaired) electrons. The number of hydrogen-bond acceptors (Lipinski definition) is 9. The van der Waals surface area contributed by atoms with Gasteiger partial charge in [-0.1, -0.05) is 12.1 Å². The molecule has 6 fully saturated rings. The molecule has 11 heteroatoms. The summed E-state index contributed by atoms with van der Waals surface area (Å²) in [5, 5.41) is 3.43. The van der Waals surface area contributed by atoms with E-state index in [1.54, 1.807) is 7.11 Å². The van der Waals surface area contributed by atoms with E-state index in [9.17, 15) is 9.59 Å². The van der Waals surface area contributed by atoms with Gasteiger partial charge in [-0.15, -0.1) is 0 Å². The van der Waals surface area contributed by atoms with E-state index >= 15 is 0 Å². The first-order valence-corrected chi connectivity index (χ1v) is 19.6. The molecule has 3 aliphatic heterocycles. The van der Waals surface area contributed by atoms with Crippen molar-refractivity contribution in [2.24, 2.45) is 23.2 Å². The second-order valence-corrected chi connectivity index (χ2v) is 16.7. The summed E-state index contributed by atoms with van der Waals surface area (Å²) < 4.78 is 5.89. The number of carbonyl (C=O) groups excluding carboxylic acids is 2. The highest BCUT2D eigenvalue weighted by Gasteiger charge is 2.51. The molecule has 53 heavy (non-hydrogen) atoms. The van der Waals surface area contributed by atoms with Crippen LogP contribution in [0.3, 0.4) is 0 Å². The lowest BCUT2D eigenvalue weighted by molar-refractivity contribution is -0.139. The summed E-state index contributed by atoms with van der Waals surface area (Å²) >= 11 is 0. The number of aromatic nitrogens is 2. The molecule has 4 bridgehead atoms. The van der Waals surface area contributed by atoms with Gasteiger partial charge in [-0.05, 0) is 112 Å². The Morgan fingerprint density at radius 1 is 0.906 bits per heavy atom. The Bertz CT molecular complexity index is 1900. The molecule has 10 rings (SSSR count). The summed E-state index contributed by atoms with van der Waals surface area (Å²) in [5.74, 6) is 5.10. The van der Waals surface area contributed by atoms with Gasteiger partial charge in [0.15, 0.2) is 0 Å². The normalized spacial score (nSPS) is 26.8. The van der Waals surface area contributed by atoms with Crippen molar-refractivity contribution in [3.8, 4) is 5.75 Å². The number of likely N-dealkylation sites (N-methyl/N-ethyl adjacent to an activating group) is 1. The Labute approximate surface area is 313 Å². The van der Waals surface area contributed by atoms with Crippen LogP contribution >= 0.6 is 0 Å². The molecular weight excluding hydrogens is 665 g/mol. The standard InChI is InChI=1S/C42H52N8O3/c1-28-9-10-50(34-6-4-5-33(20-34)49-16-11-46(2)27-39(49)52)40-35(28)26-43-41(45-40)44-36-8-7-32(21-37(36)53-3)47-12-14-48(15-13-47)38(51)25-42-22-29-17-30(23-42)19-31(18-29)24-42/h4-9,20-21,26,29-31H,10-19,22-25,27H2,1-3H3,(H,43,44,45). The molecule has 11 nitrogen and oxygen atoms in total. The zero-order valence-corrected chi connectivity index (χ0v) is 31.4. The molecule has 1 aromatic heterocycles. The first-order chi connectivity index (χ1) is 25.7. The minimum atomic E-state index is 0.110. The van der Waals surface area contributed by atoms with E-state index in [1.807, 2.05) is 36.3 Å². The third-order valence-electron chi connectivity index (χ3n) is 13.0. The number of methoxy groups -OCH3 is 1. The maximum Gasteiger partial charge on any atom is 0.241 e. The molecule has 1 N–H and O–H groups in total. The van der Waals surface area contributed by atoms with Gasteiger partial charge in [-0.3, -0.25) is 14.5 Å². The number of benzene rings is 2. The molecule has 2 saturated heterocycles. The van der Waals surface area contributed by atoms with Crippen LogP contribution in [0.2, 0.25) is 0 Å². The third-order valence-corrected chi connectivity index (χ3v) is 13.0. The predicted octanol–water partition coefficient (Wildman–Crippen LogP) is 6.32. The predicted molar refractivity (Wildman–Crippen MR) is 209 cm³/mol. The number of hydrogen-bond donors (Lipinski definition) is 1. The second-order valence-electron chi connectivity index (χ2n) is 16.7. The average molecular weight is 717 g/mol. The SMILES string of the molecule is COc1cc(N2CCN(C(=O)CC34CC5CC(CC(C5)C3)C4)CC2)ccc1Nc1ncc2c(n1)N(c1cccc(N3CCN(C)CC3=O)c1)CC=C2C. The molecule has 4 aliphatic carbocycles. The topological polar surface area (TPSA) is 97.4 Å². The number of piperazine rings is 2. The lowest BCUT2D eigenvalue weighted by Crippen LogP contribution is -2.52. The third kappa shape index (κ3) is 6.62. The second kappa shape index (κ2) is 13.6. The molecule has 2 amide bonds. The number of rotatable bonds is 8. The minimum Gasteiger partial charge on any atom is -0.494 e. The number of ether oxygens (including phenoxy) is 1. The van der Waals surface area contributed by atoms with Crippen molar-refractivity contribution in [3.63, 3.8) is 0 Å². The quantitative estimate of drug-likeness (QED) is 0.288. The Balaban J connectivity index is 0.873. The highest BCUT2D eigenvalue weighted by molar-refractivity contribution is 5.96. The number of allylic oxidation sites excluding steroid dienone is 1. The van der Waals surface area contributed by atoms with Crippen molar-refractivity contribution < 1.29 is 14.3 Å². The van der Waals surface area contributed by atoms with Crippen molar-refractivity contribution in [1.29, 1.82) is 0 Å². The van der Waals surface area contributed by atoms with Gasteiger partial charge in [0.1, 0.15) is 11.6 Å². The molecule has 0 spiro atoms. The molecule has 0 unspecified atom stereocenters. The van der Waals surface area contributed by atoms with Crippen LogP contribution in [0.1, 0.15) is 57.4 Å². The van der Waals surface area contributed by atoms with Crippen LogP contribution in [0.5, 0.6) is 5.75 Å². The van der Waals surface area contributed by atoms with Gasteiger partial charge in [0, 0.05) is 87.1 Å². The average Bonchev–Trinajstić information content (AvgIpc) is 3.14. The van der Waals surface area contributed by atoms with Crippen LogP contribution in [0.15, 0.2) is 54.7 Å². The first-order valence-electron chi connectivity index (χ1n) is 19.6. The van der Waals surface area contributed by atoms with E-state index in [0.29, 0.717) is 37.2 Å². The van der Waals surface area contributed by atoms with Crippen molar-refractivity contribution in [3.05, 3.63) is 60.3 Å². The Hall–Kier alpha value is -4.64. The van der Waals surface area contributed by atoms with E-state index in [4.69, 9.17) is 14.7 Å². The van der Waals surface area contributed by atoms with Gasteiger partial charge in [0.25, 0.3) is 0 Å². The summed E-state index contributed by atoms with van der Waals surface area (Å²) in [6, 6.07) is 14.4. The molecule has 3 aromatic rings. The van der Waals surface area contributed by atoms with Crippen LogP contribution in [-0.2, 0) is 9.59 Å². The monoisotopic (exact) mass is 716 g/mol. The maximum absolute atomic E-state index is 13.6. The zero-order chi connectivity index (χ0) is 36.3. The lowest BCUT2D eigenvalue weighted by Gasteiger charge is -2.57. The summed E-state index contributed by atoms with van der Waals surface area (Å²) in [4.78, 5) is 46.8. The molecule has 278 valence electrons. The van der Waals surface area contributed by atoms with Crippen LogP contribution in [0, 0.1) is 23.2 Å². The molecule has 2 aromatic carbocycles. The number of nitrogens with one attached hydrogen (secondary N) is 1. The Morgan fingerprint density at radius 3 is 2.32 bits per heavy atom. The Kier molecular flexibility index (Phi) is 8.79. The maximum atomic E-state index is 13.6. The van der Waals surface area contributed by atoms with Gasteiger partial charge in [0.05, 0.1) is 19.3 Å². The van der Waals surface area contributed by atoms with E-state index in [1.165, 1.54) is 38.5 Å². The molecule has 4 heterocycles. The van der Waals surface area contributed by atoms with Crippen LogP contribution in [0.25, 0.3) is 5.57 Å². The fourth-order valence-corrected chi connectivity index (χ4v) is 10.7. The molecular formula is C42H52N8O3. The highest BCUT2D eigenvalue weighted by Crippen LogP contribution is 2.61. The van der Waals surface area contributed by atoms with E-state index in [-0.39, 0.29) is 11.3 Å². The van der Waals surface area contributed by atoms with Crippen LogP contribution in [-0.4, -0.2) is 98.1 Å². The van der Waals surface area contributed by atoms with Gasteiger partial charge in [-0.25, -0.2) is 4.98 Å². The number of amides is 2. The van der Waals surface area contributed by atoms with Gasteiger partial charge < -0.3 is 29.7 Å². The van der Waals surface area contributed by atoms with Crippen molar-refractivity contribution in [2.75, 3.05) is 86.5 Å². The van der Waals surface area contributed by atoms with Gasteiger partial charge >= 0.3 is 0 Å². The number of carbonyl (C=O) groups is 2. The summed E-state index contributed by atoms with van der Waals surface area (Å²) in [6.45, 7) is 7.82. The molecule has 7 aliphatic rings. The van der Waals surface area contributed by atoms with E-state index in [0.717, 1.165) is 96.6 Å². The van der Waals surface area contributed by atoms with Gasteiger partial charge in [-0.2, -0.15) is 4.98 Å². The van der Waals surface area contributed by atoms with Crippen LogP contribution in [0.4, 0.5) is 34.5 Å². The summed E-state index contributed by atoms with van der Waals surface area (Å²) in [7, 11) is 3.67. The number of anilines is 6. The largest absolute Gasteiger partial charge is 0.494 e. The Morgan fingerprint density at radius 2 is 1.62 bits per heavy atom. The smallest absolute Gasteiger partial charge is 0.241 e. The van der Waals surface area contributed by atoms with Gasteiger partial charge in [0.2, 0.25) is 17.8 Å². The number of fused-ring (bicyclic) bond motifs is 1. The summed E-state index contributed by atoms with van der Waals surface area (Å²) in [5.41, 5.74) is 6.12. The van der Waals surface area contributed by atoms with E-state index in [2.05, 4.69) is 62.2 Å². The fourth-order valence-electron chi connectivity index (χ4n) is 10.7. The van der Waals surface area contributed by atoms with Crippen LogP contribution < -0.4 is 24.8 Å². The minimum absolute atomic E-state index is 0.110. The van der Waals surface area contributed by atoms with Crippen molar-refractivity contribution in [2.45, 2.75) is 51.9 Å². The zero-order valence-electron chi connectivity index (χ0n) is 31.4. The fraction of sp³-hybridized carbons (Fsp3) is 0.524. The highest BCUT2D eigenvalue weighted by atomic mass is 16.5. The van der Waals surface area contributed by atoms with E-state index < -0.39 is 0 Å². The number of nitrogens with zero attached hydrogens (tertiary/aromatic N) is 7.